The number of carbonyl (C=O) groups excluding carboxylic acids is 1. The minimum atomic E-state index is -0.921. The van der Waals surface area contributed by atoms with Crippen LogP contribution in [0.15, 0.2) is 66.9 Å². The van der Waals surface area contributed by atoms with Crippen molar-refractivity contribution in [2.45, 2.75) is 38.9 Å². The number of piperidine rings is 1. The average Bonchev–Trinajstić information content (AvgIpc) is 3.06. The third-order valence-corrected chi connectivity index (χ3v) is 8.06. The second-order valence-electron chi connectivity index (χ2n) is 10.9. The molecule has 1 fully saturated rings. The van der Waals surface area contributed by atoms with Gasteiger partial charge in [-0.25, -0.2) is 0 Å². The number of nitrogens with two attached hydrogens (primary N) is 1. The zero-order chi connectivity index (χ0) is 27.6. The first kappa shape index (κ1) is 27.2. The van der Waals surface area contributed by atoms with Gasteiger partial charge in [0, 0.05) is 47.4 Å². The Morgan fingerprint density at radius 2 is 2.00 bits per heavy atom. The molecule has 1 amide bonds. The number of likely N-dealkylation sites (tertiary alicyclic amines) is 1. The fraction of sp³-hybridized carbons (Fsp3) is 0.355. The van der Waals surface area contributed by atoms with Crippen LogP contribution in [0.4, 0.5) is 0 Å². The molecule has 2 aliphatic rings. The Kier molecular flexibility index (Phi) is 7.67. The summed E-state index contributed by atoms with van der Waals surface area (Å²) in [5.41, 5.74) is 8.70. The number of primary amides is 1. The topological polar surface area (TPSA) is 97.9 Å². The van der Waals surface area contributed by atoms with E-state index in [-0.39, 0.29) is 12.0 Å². The molecule has 1 unspecified atom stereocenters. The van der Waals surface area contributed by atoms with Crippen LogP contribution in [0.3, 0.4) is 0 Å². The van der Waals surface area contributed by atoms with Crippen molar-refractivity contribution in [3.05, 3.63) is 94.3 Å². The number of hydrogen-bond acceptors (Lipinski definition) is 6. The molecule has 0 spiro atoms. The Bertz CT molecular complexity index is 1390. The number of rotatable bonds is 7. The summed E-state index contributed by atoms with van der Waals surface area (Å²) < 4.78 is 11.7. The number of carbonyl (C=O) groups is 1. The maximum Gasteiger partial charge on any atom is 0.255 e. The zero-order valence-electron chi connectivity index (χ0n) is 22.3. The number of amides is 1. The van der Waals surface area contributed by atoms with Crippen LogP contribution in [-0.2, 0) is 17.0 Å². The van der Waals surface area contributed by atoms with Crippen molar-refractivity contribution in [3.63, 3.8) is 0 Å². The summed E-state index contributed by atoms with van der Waals surface area (Å²) >= 11 is 6.09. The molecule has 39 heavy (non-hydrogen) atoms. The molecule has 3 aromatic rings. The number of nitrogens with zero attached hydrogens (tertiary/aromatic N) is 2. The van der Waals surface area contributed by atoms with Gasteiger partial charge in [0.05, 0.1) is 11.3 Å². The largest absolute Gasteiger partial charge is 0.487 e. The van der Waals surface area contributed by atoms with Gasteiger partial charge in [-0.15, -0.1) is 0 Å². The van der Waals surface area contributed by atoms with Crippen LogP contribution < -0.4 is 15.2 Å². The molecule has 1 saturated heterocycles. The van der Waals surface area contributed by atoms with Crippen molar-refractivity contribution in [1.29, 1.82) is 0 Å². The molecule has 204 valence electrons. The fourth-order valence-corrected chi connectivity index (χ4v) is 5.80. The summed E-state index contributed by atoms with van der Waals surface area (Å²) in [6, 6.07) is 17.1. The zero-order valence-corrected chi connectivity index (χ0v) is 23.1. The number of aromatic nitrogens is 1. The molecule has 2 aromatic carbocycles. The molecule has 1 aromatic heterocycles. The predicted molar refractivity (Wildman–Crippen MR) is 152 cm³/mol. The molecule has 0 aliphatic carbocycles. The highest BCUT2D eigenvalue weighted by Crippen LogP contribution is 2.46. The fourth-order valence-electron chi connectivity index (χ4n) is 5.67. The molecular formula is C31H34ClN3O4. The standard InChI is InChI=1S/C31H34ClN3O4/c1-30(2)20-35(16-13-31(30,37)21-7-9-22(32)10-8-21)15-4-6-24-25-5-3-14-34-27(25)18-39-28-12-11-23(17-26(24)28)38-19-29(33)36/h3,5-12,14,17,37H,4,13,15-16,18-20H2,1-2H3,(H2,33,36)/b24-6+. The molecule has 5 rings (SSSR count). The van der Waals surface area contributed by atoms with Gasteiger partial charge in [0.2, 0.25) is 0 Å². The van der Waals surface area contributed by atoms with Crippen molar-refractivity contribution < 1.29 is 19.4 Å². The van der Waals surface area contributed by atoms with E-state index in [2.05, 4.69) is 35.9 Å². The lowest BCUT2D eigenvalue weighted by Gasteiger charge is -2.50. The third-order valence-electron chi connectivity index (χ3n) is 7.81. The number of ether oxygens (including phenoxy) is 2. The molecule has 2 aliphatic heterocycles. The molecule has 3 heterocycles. The number of hydrogen-bond donors (Lipinski definition) is 2. The van der Waals surface area contributed by atoms with E-state index in [1.54, 1.807) is 12.3 Å². The maximum atomic E-state index is 11.7. The first-order chi connectivity index (χ1) is 18.7. The Balaban J connectivity index is 1.37. The molecule has 8 heteroatoms. The number of fused-ring (bicyclic) bond motifs is 2. The maximum absolute atomic E-state index is 11.7. The molecule has 7 nitrogen and oxygen atoms in total. The highest BCUT2D eigenvalue weighted by Gasteiger charge is 2.48. The predicted octanol–water partition coefficient (Wildman–Crippen LogP) is 4.93. The first-order valence-electron chi connectivity index (χ1n) is 13.2. The van der Waals surface area contributed by atoms with E-state index in [1.807, 2.05) is 42.5 Å². The van der Waals surface area contributed by atoms with Gasteiger partial charge in [-0.3, -0.25) is 9.78 Å². The van der Waals surface area contributed by atoms with Crippen LogP contribution in [-0.4, -0.2) is 47.1 Å². The minimum absolute atomic E-state index is 0.191. The van der Waals surface area contributed by atoms with Gasteiger partial charge >= 0.3 is 0 Å². The van der Waals surface area contributed by atoms with Crippen LogP contribution in [0.1, 0.15) is 49.1 Å². The number of aliphatic hydroxyl groups is 1. The van der Waals surface area contributed by atoms with Crippen LogP contribution in [0.2, 0.25) is 5.02 Å². The molecule has 3 N–H and O–H groups in total. The normalized spacial score (nSPS) is 21.4. The lowest BCUT2D eigenvalue weighted by Crippen LogP contribution is -2.55. The Morgan fingerprint density at radius 3 is 2.74 bits per heavy atom. The Hall–Kier alpha value is -3.39. The van der Waals surface area contributed by atoms with Crippen molar-refractivity contribution in [2.24, 2.45) is 11.1 Å². The Morgan fingerprint density at radius 1 is 1.21 bits per heavy atom. The summed E-state index contributed by atoms with van der Waals surface area (Å²) in [6.45, 7) is 6.82. The summed E-state index contributed by atoms with van der Waals surface area (Å²) in [5.74, 6) is 0.755. The van der Waals surface area contributed by atoms with Crippen LogP contribution in [0, 0.1) is 5.41 Å². The van der Waals surface area contributed by atoms with Gasteiger partial charge in [0.25, 0.3) is 5.91 Å². The summed E-state index contributed by atoms with van der Waals surface area (Å²) in [4.78, 5) is 18.2. The SMILES string of the molecule is CC1(C)CN(CC/C=C2/c3cc(OCC(N)=O)ccc3OCc3ncccc32)CCC1(O)c1ccc(Cl)cc1. The summed E-state index contributed by atoms with van der Waals surface area (Å²) in [6.07, 6.45) is 5.43. The second kappa shape index (κ2) is 11.0. The lowest BCUT2D eigenvalue weighted by atomic mass is 9.66. The minimum Gasteiger partial charge on any atom is -0.487 e. The van der Waals surface area contributed by atoms with E-state index in [9.17, 15) is 9.90 Å². The van der Waals surface area contributed by atoms with E-state index < -0.39 is 11.5 Å². The molecule has 1 atom stereocenters. The quantitative estimate of drug-likeness (QED) is 0.435. The lowest BCUT2D eigenvalue weighted by molar-refractivity contribution is -0.125. The van der Waals surface area contributed by atoms with Crippen molar-refractivity contribution in [3.8, 4) is 11.5 Å². The number of halogens is 1. The van der Waals surface area contributed by atoms with Crippen LogP contribution in [0.5, 0.6) is 11.5 Å². The average molecular weight is 548 g/mol. The van der Waals surface area contributed by atoms with Crippen LogP contribution >= 0.6 is 11.6 Å². The highest BCUT2D eigenvalue weighted by molar-refractivity contribution is 6.30. The first-order valence-corrected chi connectivity index (χ1v) is 13.6. The highest BCUT2D eigenvalue weighted by atomic mass is 35.5. The number of benzene rings is 2. The Labute approximate surface area is 234 Å². The third kappa shape index (κ3) is 5.66. The number of pyridine rings is 1. The summed E-state index contributed by atoms with van der Waals surface area (Å²) in [5, 5.41) is 12.4. The van der Waals surface area contributed by atoms with Gasteiger partial charge in [0.15, 0.2) is 6.61 Å². The van der Waals surface area contributed by atoms with E-state index >= 15 is 0 Å². The van der Waals surface area contributed by atoms with E-state index in [1.165, 1.54) is 0 Å². The van der Waals surface area contributed by atoms with Crippen LogP contribution in [0.25, 0.3) is 5.57 Å². The van der Waals surface area contributed by atoms with E-state index in [0.717, 1.165) is 59.8 Å². The second-order valence-corrected chi connectivity index (χ2v) is 11.3. The van der Waals surface area contributed by atoms with Gasteiger partial charge in [-0.2, -0.15) is 0 Å². The van der Waals surface area contributed by atoms with Gasteiger partial charge in [-0.05, 0) is 60.4 Å². The van der Waals surface area contributed by atoms with Gasteiger partial charge in [-0.1, -0.05) is 49.7 Å². The van der Waals surface area contributed by atoms with E-state index in [0.29, 0.717) is 23.8 Å². The molecule has 0 saturated carbocycles. The molecular weight excluding hydrogens is 514 g/mol. The summed E-state index contributed by atoms with van der Waals surface area (Å²) in [7, 11) is 0. The molecule has 0 bridgehead atoms. The molecule has 0 radical (unpaired) electrons. The monoisotopic (exact) mass is 547 g/mol. The van der Waals surface area contributed by atoms with Gasteiger partial charge in [0.1, 0.15) is 18.1 Å². The van der Waals surface area contributed by atoms with Gasteiger partial charge < -0.3 is 25.2 Å². The van der Waals surface area contributed by atoms with Crippen molar-refractivity contribution >= 4 is 23.1 Å². The van der Waals surface area contributed by atoms with Crippen molar-refractivity contribution in [1.82, 2.24) is 9.88 Å². The van der Waals surface area contributed by atoms with Crippen molar-refractivity contribution in [2.75, 3.05) is 26.2 Å². The smallest absolute Gasteiger partial charge is 0.255 e. The van der Waals surface area contributed by atoms with E-state index in [4.69, 9.17) is 26.8 Å².